The number of hydrogen-bond acceptors (Lipinski definition) is 3. The second-order valence-corrected chi connectivity index (χ2v) is 5.09. The Hall–Kier alpha value is -1.06. The van der Waals surface area contributed by atoms with Crippen LogP contribution in [0.5, 0.6) is 5.75 Å². The Kier molecular flexibility index (Phi) is 6.76. The number of aliphatic hydroxyl groups is 1. The molecule has 1 aromatic carbocycles. The summed E-state index contributed by atoms with van der Waals surface area (Å²) in [6, 6.07) is 8.10. The fourth-order valence-corrected chi connectivity index (χ4v) is 1.92. The van der Waals surface area contributed by atoms with E-state index in [4.69, 9.17) is 4.74 Å². The molecule has 0 saturated heterocycles. The van der Waals surface area contributed by atoms with E-state index in [2.05, 4.69) is 31.3 Å². The van der Waals surface area contributed by atoms with Gasteiger partial charge >= 0.3 is 0 Å². The Morgan fingerprint density at radius 2 is 1.89 bits per heavy atom. The molecule has 0 aliphatic heterocycles. The topological polar surface area (TPSA) is 41.5 Å². The van der Waals surface area contributed by atoms with Crippen molar-refractivity contribution in [1.29, 1.82) is 0 Å². The maximum atomic E-state index is 9.71. The van der Waals surface area contributed by atoms with E-state index in [9.17, 15) is 5.11 Å². The van der Waals surface area contributed by atoms with Crippen molar-refractivity contribution < 1.29 is 9.84 Å². The Morgan fingerprint density at radius 3 is 2.44 bits per heavy atom. The summed E-state index contributed by atoms with van der Waals surface area (Å²) >= 11 is 0. The van der Waals surface area contributed by atoms with Gasteiger partial charge in [-0.2, -0.15) is 0 Å². The number of nitrogens with one attached hydrogen (secondary N) is 1. The smallest absolute Gasteiger partial charge is 0.118 e. The van der Waals surface area contributed by atoms with Gasteiger partial charge in [-0.1, -0.05) is 26.0 Å². The molecule has 18 heavy (non-hydrogen) atoms. The van der Waals surface area contributed by atoms with Crippen molar-refractivity contribution in [2.24, 2.45) is 5.92 Å². The van der Waals surface area contributed by atoms with Crippen molar-refractivity contribution in [3.63, 3.8) is 0 Å². The molecule has 0 bridgehead atoms. The molecule has 1 rings (SSSR count). The molecule has 1 unspecified atom stereocenters. The third kappa shape index (κ3) is 6.03. The molecule has 3 nitrogen and oxygen atoms in total. The summed E-state index contributed by atoms with van der Waals surface area (Å²) in [5.41, 5.74) is 1.28. The lowest BCUT2D eigenvalue weighted by atomic mass is 10.1. The highest BCUT2D eigenvalue weighted by molar-refractivity contribution is 5.27. The molecule has 0 saturated carbocycles. The SMILES string of the molecule is COc1ccc(CCNCC(O)CC(C)C)cc1. The van der Waals surface area contributed by atoms with Crippen LogP contribution in [-0.4, -0.2) is 31.4 Å². The van der Waals surface area contributed by atoms with Crippen LogP contribution in [0.1, 0.15) is 25.8 Å². The number of ether oxygens (including phenoxy) is 1. The van der Waals surface area contributed by atoms with Crippen molar-refractivity contribution in [3.05, 3.63) is 29.8 Å². The van der Waals surface area contributed by atoms with Crippen LogP contribution < -0.4 is 10.1 Å². The third-order valence-corrected chi connectivity index (χ3v) is 2.87. The first-order valence-corrected chi connectivity index (χ1v) is 6.63. The van der Waals surface area contributed by atoms with Gasteiger partial charge in [0, 0.05) is 6.54 Å². The van der Waals surface area contributed by atoms with E-state index in [0.717, 1.165) is 25.1 Å². The number of benzene rings is 1. The van der Waals surface area contributed by atoms with E-state index in [1.807, 2.05) is 12.1 Å². The Labute approximate surface area is 110 Å². The minimum atomic E-state index is -0.235. The van der Waals surface area contributed by atoms with E-state index in [0.29, 0.717) is 12.5 Å². The highest BCUT2D eigenvalue weighted by Crippen LogP contribution is 2.11. The largest absolute Gasteiger partial charge is 0.497 e. The quantitative estimate of drug-likeness (QED) is 0.696. The lowest BCUT2D eigenvalue weighted by molar-refractivity contribution is 0.147. The van der Waals surface area contributed by atoms with Gasteiger partial charge in [0.1, 0.15) is 5.75 Å². The van der Waals surface area contributed by atoms with Crippen LogP contribution in [0.2, 0.25) is 0 Å². The van der Waals surface area contributed by atoms with Crippen molar-refractivity contribution >= 4 is 0 Å². The molecular formula is C15H25NO2. The van der Waals surface area contributed by atoms with Crippen LogP contribution in [0.3, 0.4) is 0 Å². The summed E-state index contributed by atoms with van der Waals surface area (Å²) in [5.74, 6) is 1.43. The summed E-state index contributed by atoms with van der Waals surface area (Å²) in [5, 5.41) is 13.0. The highest BCUT2D eigenvalue weighted by atomic mass is 16.5. The number of hydrogen-bond donors (Lipinski definition) is 2. The van der Waals surface area contributed by atoms with E-state index in [-0.39, 0.29) is 6.10 Å². The average Bonchev–Trinajstić information content (AvgIpc) is 2.34. The molecule has 3 heteroatoms. The summed E-state index contributed by atoms with van der Waals surface area (Å²) in [4.78, 5) is 0. The molecule has 1 atom stereocenters. The second kappa shape index (κ2) is 8.11. The van der Waals surface area contributed by atoms with Crippen molar-refractivity contribution in [1.82, 2.24) is 5.32 Å². The fourth-order valence-electron chi connectivity index (χ4n) is 1.92. The Bertz CT molecular complexity index is 322. The molecule has 102 valence electrons. The summed E-state index contributed by atoms with van der Waals surface area (Å²) in [6.07, 6.45) is 1.59. The maximum Gasteiger partial charge on any atom is 0.118 e. The van der Waals surface area contributed by atoms with Crippen LogP contribution in [0, 0.1) is 5.92 Å². The lowest BCUT2D eigenvalue weighted by Gasteiger charge is -2.13. The average molecular weight is 251 g/mol. The molecule has 0 heterocycles. The number of aliphatic hydroxyl groups excluding tert-OH is 1. The molecule has 0 aromatic heterocycles. The summed E-state index contributed by atoms with van der Waals surface area (Å²) in [7, 11) is 1.67. The van der Waals surface area contributed by atoms with Gasteiger partial charge in [-0.15, -0.1) is 0 Å². The van der Waals surface area contributed by atoms with Gasteiger partial charge in [0.25, 0.3) is 0 Å². The normalized spacial score (nSPS) is 12.7. The molecule has 0 amide bonds. The van der Waals surface area contributed by atoms with Crippen molar-refractivity contribution in [2.75, 3.05) is 20.2 Å². The zero-order valence-electron chi connectivity index (χ0n) is 11.6. The van der Waals surface area contributed by atoms with Crippen molar-refractivity contribution in [3.8, 4) is 5.75 Å². The van der Waals surface area contributed by atoms with Gasteiger partial charge in [-0.05, 0) is 43.0 Å². The fraction of sp³-hybridized carbons (Fsp3) is 0.600. The van der Waals surface area contributed by atoms with Crippen molar-refractivity contribution in [2.45, 2.75) is 32.8 Å². The third-order valence-electron chi connectivity index (χ3n) is 2.87. The van der Waals surface area contributed by atoms with Gasteiger partial charge in [-0.25, -0.2) is 0 Å². The first-order chi connectivity index (χ1) is 8.61. The molecule has 0 radical (unpaired) electrons. The summed E-state index contributed by atoms with van der Waals surface area (Å²) < 4.78 is 5.11. The van der Waals surface area contributed by atoms with Gasteiger partial charge in [0.2, 0.25) is 0 Å². The van der Waals surface area contributed by atoms with Crippen LogP contribution in [0.15, 0.2) is 24.3 Å². The molecule has 1 aromatic rings. The van der Waals surface area contributed by atoms with E-state index in [1.165, 1.54) is 5.56 Å². The Morgan fingerprint density at radius 1 is 1.22 bits per heavy atom. The predicted molar refractivity (Wildman–Crippen MR) is 75.0 cm³/mol. The highest BCUT2D eigenvalue weighted by Gasteiger charge is 2.05. The first-order valence-electron chi connectivity index (χ1n) is 6.63. The minimum Gasteiger partial charge on any atom is -0.497 e. The predicted octanol–water partition coefficient (Wildman–Crippen LogP) is 2.23. The first kappa shape index (κ1) is 15.0. The van der Waals surface area contributed by atoms with E-state index < -0.39 is 0 Å². The molecule has 2 N–H and O–H groups in total. The van der Waals surface area contributed by atoms with E-state index >= 15 is 0 Å². The van der Waals surface area contributed by atoms with Gasteiger partial charge in [-0.3, -0.25) is 0 Å². The zero-order chi connectivity index (χ0) is 13.4. The van der Waals surface area contributed by atoms with Gasteiger partial charge in [0.05, 0.1) is 13.2 Å². The standard InChI is InChI=1S/C15H25NO2/c1-12(2)10-14(17)11-16-9-8-13-4-6-15(18-3)7-5-13/h4-7,12,14,16-17H,8-11H2,1-3H3. The van der Waals surface area contributed by atoms with E-state index in [1.54, 1.807) is 7.11 Å². The van der Waals surface area contributed by atoms with Crippen LogP contribution in [-0.2, 0) is 6.42 Å². The second-order valence-electron chi connectivity index (χ2n) is 5.09. The molecule has 0 spiro atoms. The monoisotopic (exact) mass is 251 g/mol. The van der Waals surface area contributed by atoms with Crippen LogP contribution >= 0.6 is 0 Å². The minimum absolute atomic E-state index is 0.235. The summed E-state index contributed by atoms with van der Waals surface area (Å²) in [6.45, 7) is 5.82. The molecule has 0 fully saturated rings. The Balaban J connectivity index is 2.17. The maximum absolute atomic E-state index is 9.71. The van der Waals surface area contributed by atoms with Gasteiger partial charge in [0.15, 0.2) is 0 Å². The van der Waals surface area contributed by atoms with Crippen LogP contribution in [0.4, 0.5) is 0 Å². The number of rotatable bonds is 8. The number of methoxy groups -OCH3 is 1. The molecular weight excluding hydrogens is 226 g/mol. The molecule has 0 aliphatic rings. The zero-order valence-corrected chi connectivity index (χ0v) is 11.6. The van der Waals surface area contributed by atoms with Gasteiger partial charge < -0.3 is 15.2 Å². The lowest BCUT2D eigenvalue weighted by Crippen LogP contribution is -2.29. The molecule has 0 aliphatic carbocycles. The van der Waals surface area contributed by atoms with Crippen LogP contribution in [0.25, 0.3) is 0 Å².